The zero-order chi connectivity index (χ0) is 8.67. The second-order valence-corrected chi connectivity index (χ2v) is 3.00. The highest BCUT2D eigenvalue weighted by Crippen LogP contribution is 2.31. The minimum Gasteiger partial charge on any atom is -0.463 e. The van der Waals surface area contributed by atoms with Crippen LogP contribution in [0.1, 0.15) is 5.56 Å². The van der Waals surface area contributed by atoms with E-state index in [1.165, 1.54) is 5.56 Å². The lowest BCUT2D eigenvalue weighted by atomic mass is 10.1. The summed E-state index contributed by atoms with van der Waals surface area (Å²) in [5, 5.41) is 2.28. The first-order valence-electron chi connectivity index (χ1n) is 4.15. The van der Waals surface area contributed by atoms with Gasteiger partial charge in [-0.3, -0.25) is 4.98 Å². The Bertz CT molecular complexity index is 497. The summed E-state index contributed by atoms with van der Waals surface area (Å²) in [5.74, 6) is 0.843. The Hall–Kier alpha value is -1.83. The molecule has 2 nitrogen and oxygen atoms in total. The number of rotatable bonds is 0. The van der Waals surface area contributed by atoms with Crippen LogP contribution in [0.25, 0.3) is 16.8 Å². The Kier molecular flexibility index (Phi) is 1.19. The summed E-state index contributed by atoms with van der Waals surface area (Å²) in [4.78, 5) is 4.10. The van der Waals surface area contributed by atoms with E-state index < -0.39 is 0 Å². The summed E-state index contributed by atoms with van der Waals surface area (Å²) in [6.07, 6.45) is 7.26. The van der Waals surface area contributed by atoms with Gasteiger partial charge in [-0.2, -0.15) is 0 Å². The molecule has 0 saturated carbocycles. The molecule has 0 unspecified atom stereocenters. The monoisotopic (exact) mass is 169 g/mol. The van der Waals surface area contributed by atoms with E-state index in [4.69, 9.17) is 4.74 Å². The molecule has 0 N–H and O–H groups in total. The molecule has 0 amide bonds. The van der Waals surface area contributed by atoms with E-state index in [2.05, 4.69) is 11.1 Å². The first kappa shape index (κ1) is 6.66. The zero-order valence-corrected chi connectivity index (χ0v) is 6.90. The number of hydrogen-bond donors (Lipinski definition) is 0. The molecule has 0 bridgehead atoms. The predicted molar refractivity (Wildman–Crippen MR) is 51.4 cm³/mol. The standard InChI is InChI=1S/C11H7NO/c1-2-8-4-5-13-10-7-12-6-9(3-1)11(8)10/h1-7H. The van der Waals surface area contributed by atoms with Gasteiger partial charge in [-0.15, -0.1) is 0 Å². The molecule has 2 heterocycles. The fourth-order valence-electron chi connectivity index (χ4n) is 1.64. The number of ether oxygens (including phenoxy) is 1. The van der Waals surface area contributed by atoms with Gasteiger partial charge in [0.2, 0.25) is 0 Å². The van der Waals surface area contributed by atoms with E-state index in [1.54, 1.807) is 12.5 Å². The molecule has 1 aliphatic heterocycles. The normalized spacial score (nSPS) is 12.9. The summed E-state index contributed by atoms with van der Waals surface area (Å²) in [6.45, 7) is 0. The predicted octanol–water partition coefficient (Wildman–Crippen LogP) is 2.60. The SMILES string of the molecule is C1=Cc2cccc3cncc(c23)O1. The van der Waals surface area contributed by atoms with Gasteiger partial charge in [-0.1, -0.05) is 18.2 Å². The molecule has 13 heavy (non-hydrogen) atoms. The quantitative estimate of drug-likeness (QED) is 0.604. The van der Waals surface area contributed by atoms with E-state index in [-0.39, 0.29) is 0 Å². The summed E-state index contributed by atoms with van der Waals surface area (Å²) in [6, 6.07) is 6.14. The molecule has 1 aromatic carbocycles. The van der Waals surface area contributed by atoms with Crippen molar-refractivity contribution in [2.24, 2.45) is 0 Å². The molecule has 0 aliphatic carbocycles. The van der Waals surface area contributed by atoms with Crippen molar-refractivity contribution in [3.8, 4) is 5.75 Å². The molecule has 62 valence electrons. The van der Waals surface area contributed by atoms with Gasteiger partial charge in [-0.25, -0.2) is 0 Å². The van der Waals surface area contributed by atoms with Crippen molar-refractivity contribution in [3.63, 3.8) is 0 Å². The van der Waals surface area contributed by atoms with Gasteiger partial charge >= 0.3 is 0 Å². The largest absolute Gasteiger partial charge is 0.463 e. The van der Waals surface area contributed by atoms with Crippen LogP contribution in [-0.2, 0) is 0 Å². The summed E-state index contributed by atoms with van der Waals surface area (Å²) in [5.41, 5.74) is 1.20. The highest BCUT2D eigenvalue weighted by atomic mass is 16.5. The fourth-order valence-corrected chi connectivity index (χ4v) is 1.64. The zero-order valence-electron chi connectivity index (χ0n) is 6.90. The van der Waals surface area contributed by atoms with Gasteiger partial charge in [0.25, 0.3) is 0 Å². The third-order valence-corrected chi connectivity index (χ3v) is 2.22. The van der Waals surface area contributed by atoms with Gasteiger partial charge in [0.05, 0.1) is 12.5 Å². The molecule has 0 atom stereocenters. The Morgan fingerprint density at radius 1 is 1.15 bits per heavy atom. The molecule has 2 aromatic rings. The molecular formula is C11H7NO. The smallest absolute Gasteiger partial charge is 0.153 e. The minimum absolute atomic E-state index is 0.843. The molecule has 0 radical (unpaired) electrons. The van der Waals surface area contributed by atoms with E-state index >= 15 is 0 Å². The minimum atomic E-state index is 0.843. The van der Waals surface area contributed by atoms with Crippen LogP contribution in [-0.4, -0.2) is 4.98 Å². The topological polar surface area (TPSA) is 22.1 Å². The van der Waals surface area contributed by atoms with E-state index in [0.717, 1.165) is 16.5 Å². The lowest BCUT2D eigenvalue weighted by Crippen LogP contribution is -1.92. The highest BCUT2D eigenvalue weighted by Gasteiger charge is 2.08. The number of hydrogen-bond acceptors (Lipinski definition) is 2. The third-order valence-electron chi connectivity index (χ3n) is 2.22. The first-order chi connectivity index (χ1) is 6.45. The summed E-state index contributed by atoms with van der Waals surface area (Å²) < 4.78 is 5.35. The molecule has 2 heteroatoms. The molecule has 1 aliphatic rings. The van der Waals surface area contributed by atoms with Gasteiger partial charge in [-0.05, 0) is 11.6 Å². The second-order valence-electron chi connectivity index (χ2n) is 3.00. The van der Waals surface area contributed by atoms with Gasteiger partial charge in [0.15, 0.2) is 5.75 Å². The van der Waals surface area contributed by atoms with Crippen LogP contribution >= 0.6 is 0 Å². The maximum Gasteiger partial charge on any atom is 0.153 e. The molecule has 3 rings (SSSR count). The van der Waals surface area contributed by atoms with Crippen LogP contribution in [0.3, 0.4) is 0 Å². The molecule has 0 saturated heterocycles. The number of benzene rings is 1. The molecule has 0 spiro atoms. The Labute approximate surface area is 75.5 Å². The summed E-state index contributed by atoms with van der Waals surface area (Å²) in [7, 11) is 0. The van der Waals surface area contributed by atoms with Gasteiger partial charge in [0, 0.05) is 17.0 Å². The third kappa shape index (κ3) is 0.855. The number of aromatic nitrogens is 1. The van der Waals surface area contributed by atoms with Crippen LogP contribution in [0, 0.1) is 0 Å². The lowest BCUT2D eigenvalue weighted by molar-refractivity contribution is 0.486. The maximum absolute atomic E-state index is 5.35. The highest BCUT2D eigenvalue weighted by molar-refractivity contribution is 5.95. The molecule has 1 aromatic heterocycles. The Morgan fingerprint density at radius 2 is 2.15 bits per heavy atom. The molecule has 0 fully saturated rings. The van der Waals surface area contributed by atoms with Crippen molar-refractivity contribution >= 4 is 16.8 Å². The number of nitrogens with zero attached hydrogens (tertiary/aromatic N) is 1. The average molecular weight is 169 g/mol. The van der Waals surface area contributed by atoms with Crippen LogP contribution < -0.4 is 4.74 Å². The van der Waals surface area contributed by atoms with E-state index in [0.29, 0.717) is 0 Å². The summed E-state index contributed by atoms with van der Waals surface area (Å²) >= 11 is 0. The fraction of sp³-hybridized carbons (Fsp3) is 0. The Morgan fingerprint density at radius 3 is 3.15 bits per heavy atom. The van der Waals surface area contributed by atoms with Crippen molar-refractivity contribution in [2.75, 3.05) is 0 Å². The van der Waals surface area contributed by atoms with E-state index in [9.17, 15) is 0 Å². The second kappa shape index (κ2) is 2.33. The van der Waals surface area contributed by atoms with Crippen LogP contribution in [0.2, 0.25) is 0 Å². The van der Waals surface area contributed by atoms with Crippen molar-refractivity contribution in [2.45, 2.75) is 0 Å². The van der Waals surface area contributed by atoms with Gasteiger partial charge in [0.1, 0.15) is 0 Å². The average Bonchev–Trinajstić information content (AvgIpc) is 2.19. The van der Waals surface area contributed by atoms with Crippen LogP contribution in [0.5, 0.6) is 5.75 Å². The Balaban J connectivity index is 2.56. The van der Waals surface area contributed by atoms with Gasteiger partial charge < -0.3 is 4.74 Å². The lowest BCUT2D eigenvalue weighted by Gasteiger charge is -2.11. The van der Waals surface area contributed by atoms with Crippen LogP contribution in [0.15, 0.2) is 36.9 Å². The van der Waals surface area contributed by atoms with Crippen molar-refractivity contribution < 1.29 is 4.74 Å². The maximum atomic E-state index is 5.35. The van der Waals surface area contributed by atoms with Crippen molar-refractivity contribution in [1.29, 1.82) is 0 Å². The van der Waals surface area contributed by atoms with Crippen LogP contribution in [0.4, 0.5) is 0 Å². The first-order valence-corrected chi connectivity index (χ1v) is 4.15. The number of pyridine rings is 1. The van der Waals surface area contributed by atoms with Crippen molar-refractivity contribution in [1.82, 2.24) is 4.98 Å². The van der Waals surface area contributed by atoms with Crippen molar-refractivity contribution in [3.05, 3.63) is 42.4 Å². The van der Waals surface area contributed by atoms with E-state index in [1.807, 2.05) is 24.4 Å². The molecular weight excluding hydrogens is 162 g/mol.